The number of nitrogens with zero attached hydrogens (tertiary/aromatic N) is 2. The smallest absolute Gasteiger partial charge is 0.331 e. The summed E-state index contributed by atoms with van der Waals surface area (Å²) in [5.74, 6) is 0. The Morgan fingerprint density at radius 1 is 1.32 bits per heavy atom. The van der Waals surface area contributed by atoms with Crippen molar-refractivity contribution in [3.8, 4) is 0 Å². The van der Waals surface area contributed by atoms with Gasteiger partial charge < -0.3 is 16.0 Å². The summed E-state index contributed by atoms with van der Waals surface area (Å²) in [6, 6.07) is 8.12. The minimum absolute atomic E-state index is 0.119. The molecule has 2 amide bonds. The predicted octanol–water partition coefficient (Wildman–Crippen LogP) is 1.63. The van der Waals surface area contributed by atoms with Crippen LogP contribution in [0.1, 0.15) is 12.5 Å². The Morgan fingerprint density at radius 3 is 2.76 bits per heavy atom. The summed E-state index contributed by atoms with van der Waals surface area (Å²) in [5.41, 5.74) is 7.52. The summed E-state index contributed by atoms with van der Waals surface area (Å²) in [5, 5.41) is 3.03. The second-order valence-electron chi connectivity index (χ2n) is 5.33. The number of nitrogens with one attached hydrogen (secondary N) is 2. The van der Waals surface area contributed by atoms with Gasteiger partial charge in [0.15, 0.2) is 0 Å². The molecule has 0 spiro atoms. The first-order valence-corrected chi connectivity index (χ1v) is 9.13. The van der Waals surface area contributed by atoms with Gasteiger partial charge in [-0.25, -0.2) is 17.9 Å². The number of hydrogen-bond acceptors (Lipinski definition) is 6. The van der Waals surface area contributed by atoms with Crippen LogP contribution in [0.3, 0.4) is 0 Å². The van der Waals surface area contributed by atoms with Crippen LogP contribution >= 0.6 is 0 Å². The Balaban J connectivity index is 2.32. The molecule has 134 valence electrons. The molecule has 9 heteroatoms. The molecule has 0 atom stereocenters. The van der Waals surface area contributed by atoms with E-state index in [0.29, 0.717) is 24.5 Å². The largest absolute Gasteiger partial charge is 0.354 e. The number of sulfonamides is 1. The monoisotopic (exact) mass is 363 g/mol. The number of urea groups is 1. The van der Waals surface area contributed by atoms with Gasteiger partial charge in [-0.3, -0.25) is 4.98 Å². The van der Waals surface area contributed by atoms with Gasteiger partial charge in [-0.1, -0.05) is 12.1 Å². The van der Waals surface area contributed by atoms with Gasteiger partial charge in [0.2, 0.25) is 0 Å². The van der Waals surface area contributed by atoms with Crippen molar-refractivity contribution in [1.82, 2.24) is 14.6 Å². The van der Waals surface area contributed by atoms with E-state index in [4.69, 9.17) is 5.73 Å². The van der Waals surface area contributed by atoms with Crippen molar-refractivity contribution < 1.29 is 13.2 Å². The first kappa shape index (κ1) is 18.7. The fourth-order valence-electron chi connectivity index (χ4n) is 2.02. The maximum Gasteiger partial charge on any atom is 0.331 e. The molecule has 2 rings (SSSR count). The van der Waals surface area contributed by atoms with E-state index < -0.39 is 16.1 Å². The molecule has 0 bridgehead atoms. The summed E-state index contributed by atoms with van der Waals surface area (Å²) in [6.07, 6.45) is 2.66. The molecular formula is C16H21N5O3S. The lowest BCUT2D eigenvalue weighted by Crippen LogP contribution is -2.40. The van der Waals surface area contributed by atoms with E-state index in [-0.39, 0.29) is 4.90 Å². The van der Waals surface area contributed by atoms with E-state index in [1.54, 1.807) is 13.0 Å². The zero-order valence-corrected chi connectivity index (χ0v) is 14.9. The number of anilines is 2. The molecule has 1 aromatic heterocycles. The van der Waals surface area contributed by atoms with Crippen molar-refractivity contribution in [2.24, 2.45) is 5.73 Å². The fourth-order valence-corrected chi connectivity index (χ4v) is 3.12. The average molecular weight is 363 g/mol. The molecule has 8 nitrogen and oxygen atoms in total. The Kier molecular flexibility index (Phi) is 5.94. The maximum absolute atomic E-state index is 12.5. The first-order valence-electron chi connectivity index (χ1n) is 7.65. The van der Waals surface area contributed by atoms with Gasteiger partial charge in [0.25, 0.3) is 10.0 Å². The number of hydrogen-bond donors (Lipinski definition) is 3. The van der Waals surface area contributed by atoms with Crippen molar-refractivity contribution in [3.63, 3.8) is 0 Å². The van der Waals surface area contributed by atoms with Gasteiger partial charge in [0, 0.05) is 38.2 Å². The number of pyridine rings is 1. The van der Waals surface area contributed by atoms with Crippen molar-refractivity contribution in [2.75, 3.05) is 18.9 Å². The van der Waals surface area contributed by atoms with Crippen LogP contribution in [0.2, 0.25) is 0 Å². The summed E-state index contributed by atoms with van der Waals surface area (Å²) >= 11 is 0. The third kappa shape index (κ3) is 4.68. The molecule has 0 saturated heterocycles. The molecule has 1 heterocycles. The number of aromatic nitrogens is 1. The number of benzene rings is 1. The molecule has 25 heavy (non-hydrogen) atoms. The number of nitrogens with two attached hydrogens (primary N) is 1. The van der Waals surface area contributed by atoms with E-state index >= 15 is 0 Å². The Bertz CT molecular complexity index is 854. The molecule has 0 aliphatic carbocycles. The quantitative estimate of drug-likeness (QED) is 0.718. The highest BCUT2D eigenvalue weighted by molar-refractivity contribution is 7.90. The van der Waals surface area contributed by atoms with E-state index in [2.05, 4.69) is 10.3 Å². The lowest BCUT2D eigenvalue weighted by molar-refractivity contribution is 0.217. The zero-order valence-electron chi connectivity index (χ0n) is 14.1. The standard InChI is InChI=1S/C16H21N5O3S/c1-3-21(2)16(22)20-25(23,24)15-11-18-8-7-14(15)19-13-6-4-5-12(9-13)10-17/h4-9,11H,3,10,17H2,1-2H3,(H,18,19)(H,20,22). The molecule has 0 fully saturated rings. The number of amides is 2. The minimum atomic E-state index is -4.07. The minimum Gasteiger partial charge on any atom is -0.354 e. The molecule has 2 aromatic rings. The summed E-state index contributed by atoms with van der Waals surface area (Å²) in [6.45, 7) is 2.50. The zero-order chi connectivity index (χ0) is 18.4. The Labute approximate surface area is 147 Å². The van der Waals surface area contributed by atoms with Gasteiger partial charge in [0.05, 0.1) is 5.69 Å². The average Bonchev–Trinajstić information content (AvgIpc) is 2.61. The molecule has 0 aliphatic heterocycles. The highest BCUT2D eigenvalue weighted by atomic mass is 32.2. The fraction of sp³-hybridized carbons (Fsp3) is 0.250. The Morgan fingerprint density at radius 2 is 2.08 bits per heavy atom. The van der Waals surface area contributed by atoms with Gasteiger partial charge in [-0.05, 0) is 30.7 Å². The highest BCUT2D eigenvalue weighted by Gasteiger charge is 2.23. The highest BCUT2D eigenvalue weighted by Crippen LogP contribution is 2.24. The van der Waals surface area contributed by atoms with E-state index in [9.17, 15) is 13.2 Å². The van der Waals surface area contributed by atoms with Crippen LogP contribution in [0.15, 0.2) is 47.6 Å². The lowest BCUT2D eigenvalue weighted by Gasteiger charge is -2.17. The van der Waals surface area contributed by atoms with Gasteiger partial charge in [-0.2, -0.15) is 0 Å². The number of carbonyl (C=O) groups is 1. The van der Waals surface area contributed by atoms with Crippen molar-refractivity contribution in [3.05, 3.63) is 48.3 Å². The van der Waals surface area contributed by atoms with Crippen LogP contribution in [0.5, 0.6) is 0 Å². The van der Waals surface area contributed by atoms with Gasteiger partial charge in [0.1, 0.15) is 4.90 Å². The number of carbonyl (C=O) groups excluding carboxylic acids is 1. The summed E-state index contributed by atoms with van der Waals surface area (Å²) in [7, 11) is -2.57. The van der Waals surface area contributed by atoms with Crippen LogP contribution in [0, 0.1) is 0 Å². The van der Waals surface area contributed by atoms with E-state index in [1.165, 1.54) is 30.4 Å². The topological polar surface area (TPSA) is 117 Å². The van der Waals surface area contributed by atoms with E-state index in [0.717, 1.165) is 5.56 Å². The van der Waals surface area contributed by atoms with Crippen LogP contribution in [-0.4, -0.2) is 37.9 Å². The molecule has 0 unspecified atom stereocenters. The molecular weight excluding hydrogens is 342 g/mol. The third-order valence-electron chi connectivity index (χ3n) is 3.56. The summed E-state index contributed by atoms with van der Waals surface area (Å²) < 4.78 is 27.1. The second kappa shape index (κ2) is 7.95. The lowest BCUT2D eigenvalue weighted by atomic mass is 10.2. The normalized spacial score (nSPS) is 11.0. The first-order chi connectivity index (χ1) is 11.9. The molecule has 0 saturated carbocycles. The van der Waals surface area contributed by atoms with Crippen LogP contribution in [0.25, 0.3) is 0 Å². The van der Waals surface area contributed by atoms with Crippen LogP contribution < -0.4 is 15.8 Å². The van der Waals surface area contributed by atoms with Crippen LogP contribution in [0.4, 0.5) is 16.2 Å². The van der Waals surface area contributed by atoms with Gasteiger partial charge in [-0.15, -0.1) is 0 Å². The number of rotatable bonds is 6. The molecule has 4 N–H and O–H groups in total. The SMILES string of the molecule is CCN(C)C(=O)NS(=O)(=O)c1cnccc1Nc1cccc(CN)c1. The Hall–Kier alpha value is -2.65. The maximum atomic E-state index is 12.5. The van der Waals surface area contributed by atoms with Gasteiger partial charge >= 0.3 is 6.03 Å². The summed E-state index contributed by atoms with van der Waals surface area (Å²) in [4.78, 5) is 16.9. The van der Waals surface area contributed by atoms with E-state index in [1.807, 2.05) is 22.9 Å². The third-order valence-corrected chi connectivity index (χ3v) is 4.91. The molecule has 0 radical (unpaired) electrons. The van der Waals surface area contributed by atoms with Crippen molar-refractivity contribution in [2.45, 2.75) is 18.4 Å². The molecule has 0 aliphatic rings. The predicted molar refractivity (Wildman–Crippen MR) is 95.9 cm³/mol. The van der Waals surface area contributed by atoms with Crippen molar-refractivity contribution >= 4 is 27.4 Å². The second-order valence-corrected chi connectivity index (χ2v) is 6.98. The van der Waals surface area contributed by atoms with Crippen molar-refractivity contribution in [1.29, 1.82) is 0 Å². The van der Waals surface area contributed by atoms with Crippen LogP contribution in [-0.2, 0) is 16.6 Å². The molecule has 1 aromatic carbocycles.